The van der Waals surface area contributed by atoms with Gasteiger partial charge in [-0.1, -0.05) is 37.6 Å². The maximum absolute atomic E-state index is 11.3. The summed E-state index contributed by atoms with van der Waals surface area (Å²) in [6.07, 6.45) is 3.51. The first-order valence-corrected chi connectivity index (χ1v) is 6.65. The highest BCUT2D eigenvalue weighted by Crippen LogP contribution is 2.40. The van der Waals surface area contributed by atoms with Gasteiger partial charge in [0.25, 0.3) is 0 Å². The highest BCUT2D eigenvalue weighted by molar-refractivity contribution is 6.30. The summed E-state index contributed by atoms with van der Waals surface area (Å²) in [5.41, 5.74) is 1.38. The van der Waals surface area contributed by atoms with Crippen molar-refractivity contribution in [2.45, 2.75) is 44.9 Å². The Morgan fingerprint density at radius 1 is 1.24 bits per heavy atom. The van der Waals surface area contributed by atoms with E-state index in [9.17, 15) is 4.79 Å². The van der Waals surface area contributed by atoms with Gasteiger partial charge < -0.3 is 0 Å². The van der Waals surface area contributed by atoms with E-state index in [0.29, 0.717) is 11.7 Å². The van der Waals surface area contributed by atoms with Crippen LogP contribution < -0.4 is 0 Å². The van der Waals surface area contributed by atoms with Crippen molar-refractivity contribution in [3.8, 4) is 0 Å². The maximum atomic E-state index is 11.3. The molecule has 1 aliphatic rings. The highest BCUT2D eigenvalue weighted by Gasteiger charge is 2.33. The summed E-state index contributed by atoms with van der Waals surface area (Å²) in [4.78, 5) is 11.3. The Hall–Kier alpha value is -0.820. The van der Waals surface area contributed by atoms with Crippen molar-refractivity contribution in [3.05, 3.63) is 34.9 Å². The van der Waals surface area contributed by atoms with Gasteiger partial charge in [-0.05, 0) is 41.9 Å². The molecule has 0 saturated heterocycles. The molecule has 0 unspecified atom stereocenters. The number of Topliss-reactive ketones (excluding diaryl/α,β-unsaturated/α-hetero) is 1. The average Bonchev–Trinajstić information content (AvgIpc) is 2.29. The second kappa shape index (κ2) is 4.81. The van der Waals surface area contributed by atoms with Crippen LogP contribution in [0.4, 0.5) is 0 Å². The number of carbonyl (C=O) groups is 1. The van der Waals surface area contributed by atoms with Crippen molar-refractivity contribution >= 4 is 17.4 Å². The number of hydrogen-bond acceptors (Lipinski definition) is 1. The zero-order chi connectivity index (χ0) is 12.5. The predicted octanol–water partition coefficient (Wildman–Crippen LogP) is 4.38. The Bertz CT molecular complexity index is 413. The molecule has 0 aliphatic heterocycles. The summed E-state index contributed by atoms with van der Waals surface area (Å²) in [6, 6.07) is 8.11. The molecular weight excluding hydrogens is 232 g/mol. The van der Waals surface area contributed by atoms with Gasteiger partial charge in [0.2, 0.25) is 0 Å². The van der Waals surface area contributed by atoms with Crippen LogP contribution in [0.1, 0.15) is 45.1 Å². The third-order valence-corrected chi connectivity index (χ3v) is 4.37. The number of halogens is 1. The first-order chi connectivity index (χ1) is 8.00. The lowest BCUT2D eigenvalue weighted by atomic mass is 9.67. The minimum absolute atomic E-state index is 0.103. The summed E-state index contributed by atoms with van der Waals surface area (Å²) in [6.45, 7) is 4.53. The van der Waals surface area contributed by atoms with Crippen molar-refractivity contribution in [1.82, 2.24) is 0 Å². The minimum atomic E-state index is 0.103. The number of benzene rings is 1. The lowest BCUT2D eigenvalue weighted by molar-refractivity contribution is -0.121. The first-order valence-electron chi connectivity index (χ1n) is 6.28. The lowest BCUT2D eigenvalue weighted by Crippen LogP contribution is -2.32. The number of hydrogen-bond donors (Lipinski definition) is 0. The molecule has 1 nitrogen and oxygen atoms in total. The number of rotatable bonds is 2. The van der Waals surface area contributed by atoms with E-state index >= 15 is 0 Å². The van der Waals surface area contributed by atoms with Crippen LogP contribution >= 0.6 is 11.6 Å². The molecule has 2 rings (SSSR count). The normalized spacial score (nSPS) is 18.4. The van der Waals surface area contributed by atoms with Gasteiger partial charge in [0.1, 0.15) is 5.78 Å². The predicted molar refractivity (Wildman–Crippen MR) is 71.4 cm³/mol. The van der Waals surface area contributed by atoms with E-state index in [2.05, 4.69) is 26.0 Å². The van der Waals surface area contributed by atoms with Gasteiger partial charge in [0.15, 0.2) is 0 Å². The third kappa shape index (κ3) is 2.71. The van der Waals surface area contributed by atoms with Gasteiger partial charge in [-0.25, -0.2) is 0 Å². The van der Waals surface area contributed by atoms with Crippen molar-refractivity contribution in [2.75, 3.05) is 0 Å². The standard InChI is InChI=1S/C15H19ClO/c1-15(2,11-6-8-14(17)9-7-11)12-4-3-5-13(16)10-12/h3-5,10-11H,6-9H2,1-2H3. The van der Waals surface area contributed by atoms with Gasteiger partial charge in [-0.3, -0.25) is 4.79 Å². The Morgan fingerprint density at radius 3 is 2.47 bits per heavy atom. The quantitative estimate of drug-likeness (QED) is 0.762. The molecule has 1 fully saturated rings. The molecule has 0 N–H and O–H groups in total. The fraction of sp³-hybridized carbons (Fsp3) is 0.533. The van der Waals surface area contributed by atoms with Gasteiger partial charge in [0.05, 0.1) is 0 Å². The van der Waals surface area contributed by atoms with Crippen LogP contribution in [0.15, 0.2) is 24.3 Å². The van der Waals surface area contributed by atoms with Crippen molar-refractivity contribution in [2.24, 2.45) is 5.92 Å². The third-order valence-electron chi connectivity index (χ3n) is 4.13. The smallest absolute Gasteiger partial charge is 0.132 e. The van der Waals surface area contributed by atoms with Crippen LogP contribution in [-0.2, 0) is 10.2 Å². The number of ketones is 1. The Kier molecular flexibility index (Phi) is 3.58. The summed E-state index contributed by atoms with van der Waals surface area (Å²) in [5, 5.41) is 0.794. The van der Waals surface area contributed by atoms with Gasteiger partial charge in [-0.15, -0.1) is 0 Å². The molecule has 0 amide bonds. The molecule has 1 aliphatic carbocycles. The molecular formula is C15H19ClO. The zero-order valence-electron chi connectivity index (χ0n) is 10.5. The van der Waals surface area contributed by atoms with Crippen LogP contribution in [-0.4, -0.2) is 5.78 Å². The lowest BCUT2D eigenvalue weighted by Gasteiger charge is -2.37. The first kappa shape index (κ1) is 12.6. The van der Waals surface area contributed by atoms with E-state index in [0.717, 1.165) is 30.7 Å². The van der Waals surface area contributed by atoms with Crippen LogP contribution in [0, 0.1) is 5.92 Å². The van der Waals surface area contributed by atoms with Crippen LogP contribution in [0.3, 0.4) is 0 Å². The largest absolute Gasteiger partial charge is 0.300 e. The molecule has 1 aromatic rings. The maximum Gasteiger partial charge on any atom is 0.132 e. The number of carbonyl (C=O) groups excluding carboxylic acids is 1. The molecule has 0 heterocycles. The molecule has 0 radical (unpaired) electrons. The molecule has 1 aromatic carbocycles. The Balaban J connectivity index is 2.20. The summed E-state index contributed by atoms with van der Waals surface area (Å²) < 4.78 is 0. The van der Waals surface area contributed by atoms with Crippen LogP contribution in [0.2, 0.25) is 5.02 Å². The molecule has 2 heteroatoms. The fourth-order valence-corrected chi connectivity index (χ4v) is 2.98. The second-order valence-corrected chi connectivity index (χ2v) is 5.98. The van der Waals surface area contributed by atoms with Crippen molar-refractivity contribution in [3.63, 3.8) is 0 Å². The molecule has 0 bridgehead atoms. The van der Waals surface area contributed by atoms with E-state index in [1.165, 1.54) is 5.56 Å². The van der Waals surface area contributed by atoms with E-state index in [1.54, 1.807) is 0 Å². The molecule has 0 spiro atoms. The van der Waals surface area contributed by atoms with Crippen molar-refractivity contribution in [1.29, 1.82) is 0 Å². The fourth-order valence-electron chi connectivity index (χ4n) is 2.79. The van der Waals surface area contributed by atoms with Gasteiger partial charge >= 0.3 is 0 Å². The van der Waals surface area contributed by atoms with E-state index in [4.69, 9.17) is 11.6 Å². The topological polar surface area (TPSA) is 17.1 Å². The highest BCUT2D eigenvalue weighted by atomic mass is 35.5. The van der Waals surface area contributed by atoms with E-state index < -0.39 is 0 Å². The van der Waals surface area contributed by atoms with E-state index in [-0.39, 0.29) is 5.41 Å². The minimum Gasteiger partial charge on any atom is -0.300 e. The molecule has 1 saturated carbocycles. The summed E-state index contributed by atoms with van der Waals surface area (Å²) in [7, 11) is 0. The van der Waals surface area contributed by atoms with Crippen LogP contribution in [0.25, 0.3) is 0 Å². The second-order valence-electron chi connectivity index (χ2n) is 5.54. The Morgan fingerprint density at radius 2 is 1.88 bits per heavy atom. The zero-order valence-corrected chi connectivity index (χ0v) is 11.3. The molecule has 92 valence electrons. The van der Waals surface area contributed by atoms with Gasteiger partial charge in [-0.2, -0.15) is 0 Å². The molecule has 0 aromatic heterocycles. The van der Waals surface area contributed by atoms with Crippen molar-refractivity contribution < 1.29 is 4.79 Å². The molecule has 0 atom stereocenters. The SMILES string of the molecule is CC(C)(c1cccc(Cl)c1)C1CCC(=O)CC1. The molecule has 17 heavy (non-hydrogen) atoms. The summed E-state index contributed by atoms with van der Waals surface area (Å²) >= 11 is 6.06. The monoisotopic (exact) mass is 250 g/mol. The van der Waals surface area contributed by atoms with Crippen LogP contribution in [0.5, 0.6) is 0 Å². The summed E-state index contributed by atoms with van der Waals surface area (Å²) in [5.74, 6) is 1.00. The average molecular weight is 251 g/mol. The van der Waals surface area contributed by atoms with Gasteiger partial charge in [0, 0.05) is 17.9 Å². The Labute approximate surface area is 108 Å². The van der Waals surface area contributed by atoms with E-state index in [1.807, 2.05) is 12.1 Å².